The summed E-state index contributed by atoms with van der Waals surface area (Å²) in [6, 6.07) is 9.93. The van der Waals surface area contributed by atoms with Gasteiger partial charge >= 0.3 is 5.97 Å². The van der Waals surface area contributed by atoms with Crippen molar-refractivity contribution in [3.63, 3.8) is 0 Å². The Kier molecular flexibility index (Phi) is 4.34. The summed E-state index contributed by atoms with van der Waals surface area (Å²) < 4.78 is 22.3. The van der Waals surface area contributed by atoms with E-state index in [0.717, 1.165) is 5.56 Å². The average molecular weight is 290 g/mol. The summed E-state index contributed by atoms with van der Waals surface area (Å²) in [4.78, 5) is 11.1. The molecule has 0 aromatic heterocycles. The molecule has 1 saturated heterocycles. The predicted molar refractivity (Wildman–Crippen MR) is 74.3 cm³/mol. The molecular formula is C16H18O5. The van der Waals surface area contributed by atoms with Gasteiger partial charge in [-0.3, -0.25) is 4.79 Å². The summed E-state index contributed by atoms with van der Waals surface area (Å²) in [5.41, 5.74) is 1.11. The van der Waals surface area contributed by atoms with Gasteiger partial charge in [0, 0.05) is 6.92 Å². The van der Waals surface area contributed by atoms with Crippen LogP contribution in [-0.4, -0.2) is 37.2 Å². The number of carbonyl (C=O) groups is 1. The lowest BCUT2D eigenvalue weighted by molar-refractivity contribution is -0.151. The number of carbonyl (C=O) groups excluding carboxylic acids is 1. The fourth-order valence-corrected chi connectivity index (χ4v) is 2.51. The highest BCUT2D eigenvalue weighted by Gasteiger charge is 2.43. The Morgan fingerprint density at radius 3 is 2.76 bits per heavy atom. The minimum Gasteiger partial charge on any atom is -0.455 e. The molecule has 1 fully saturated rings. The Labute approximate surface area is 123 Å². The fraction of sp³-hybridized carbons (Fsp3) is 0.438. The van der Waals surface area contributed by atoms with Gasteiger partial charge in [0.1, 0.15) is 18.3 Å². The second kappa shape index (κ2) is 6.39. The Morgan fingerprint density at radius 2 is 2.00 bits per heavy atom. The third-order valence-electron chi connectivity index (χ3n) is 3.44. The Morgan fingerprint density at radius 1 is 1.19 bits per heavy atom. The van der Waals surface area contributed by atoms with Crippen molar-refractivity contribution in [3.8, 4) is 0 Å². The molecule has 2 aliphatic heterocycles. The maximum Gasteiger partial charge on any atom is 0.303 e. The lowest BCUT2D eigenvalue weighted by Crippen LogP contribution is -2.40. The van der Waals surface area contributed by atoms with Gasteiger partial charge in [-0.2, -0.15) is 0 Å². The molecule has 2 aliphatic rings. The van der Waals surface area contributed by atoms with Crippen LogP contribution in [0.2, 0.25) is 0 Å². The minimum atomic E-state index is -0.411. The summed E-state index contributed by atoms with van der Waals surface area (Å²) in [6.07, 6.45) is 2.26. The van der Waals surface area contributed by atoms with E-state index < -0.39 is 6.10 Å². The van der Waals surface area contributed by atoms with Crippen LogP contribution in [0.25, 0.3) is 0 Å². The number of ether oxygens (including phenoxy) is 4. The highest BCUT2D eigenvalue weighted by Crippen LogP contribution is 2.29. The van der Waals surface area contributed by atoms with Crippen molar-refractivity contribution in [2.45, 2.75) is 38.1 Å². The van der Waals surface area contributed by atoms with E-state index in [1.165, 1.54) is 6.92 Å². The van der Waals surface area contributed by atoms with Gasteiger partial charge in [-0.15, -0.1) is 0 Å². The van der Waals surface area contributed by atoms with Gasteiger partial charge in [0.05, 0.1) is 13.2 Å². The molecule has 112 valence electrons. The molecule has 0 unspecified atom stereocenters. The zero-order valence-electron chi connectivity index (χ0n) is 11.8. The smallest absolute Gasteiger partial charge is 0.303 e. The minimum absolute atomic E-state index is 0.238. The van der Waals surface area contributed by atoms with Gasteiger partial charge in [-0.1, -0.05) is 30.3 Å². The van der Waals surface area contributed by atoms with Crippen LogP contribution < -0.4 is 0 Å². The van der Waals surface area contributed by atoms with E-state index in [1.54, 1.807) is 6.08 Å². The third kappa shape index (κ3) is 3.50. The van der Waals surface area contributed by atoms with Crippen molar-refractivity contribution in [2.75, 3.05) is 6.61 Å². The summed E-state index contributed by atoms with van der Waals surface area (Å²) in [5, 5.41) is 0. The average Bonchev–Trinajstić information content (AvgIpc) is 2.81. The van der Waals surface area contributed by atoms with Crippen LogP contribution in [0.5, 0.6) is 0 Å². The Balaban J connectivity index is 1.53. The lowest BCUT2D eigenvalue weighted by atomic mass is 10.1. The monoisotopic (exact) mass is 290 g/mol. The SMILES string of the molecule is CC(=O)O[C@@H]1C=C[C@H]2O[C@@H]1[C@H](COCc1ccccc1)O2. The molecular weight excluding hydrogens is 272 g/mol. The molecule has 0 spiro atoms. The first kappa shape index (κ1) is 14.3. The number of esters is 1. The van der Waals surface area contributed by atoms with E-state index in [0.29, 0.717) is 13.2 Å². The van der Waals surface area contributed by atoms with Crippen molar-refractivity contribution in [3.05, 3.63) is 48.0 Å². The molecule has 4 atom stereocenters. The van der Waals surface area contributed by atoms with Gasteiger partial charge in [0.15, 0.2) is 6.29 Å². The highest BCUT2D eigenvalue weighted by atomic mass is 16.7. The van der Waals surface area contributed by atoms with Gasteiger partial charge in [-0.25, -0.2) is 0 Å². The van der Waals surface area contributed by atoms with Gasteiger partial charge in [-0.05, 0) is 17.7 Å². The topological polar surface area (TPSA) is 54.0 Å². The highest BCUT2D eigenvalue weighted by molar-refractivity contribution is 5.66. The zero-order valence-corrected chi connectivity index (χ0v) is 11.8. The molecule has 0 radical (unpaired) electrons. The molecule has 1 aromatic carbocycles. The van der Waals surface area contributed by atoms with Gasteiger partial charge in [0.25, 0.3) is 0 Å². The van der Waals surface area contributed by atoms with Crippen LogP contribution >= 0.6 is 0 Å². The maximum atomic E-state index is 11.1. The van der Waals surface area contributed by atoms with Crippen molar-refractivity contribution >= 4 is 5.97 Å². The molecule has 3 rings (SSSR count). The molecule has 2 bridgehead atoms. The maximum absolute atomic E-state index is 11.1. The standard InChI is InChI=1S/C16H18O5/c1-11(17)19-13-7-8-15-20-14(16(13)21-15)10-18-9-12-5-3-2-4-6-12/h2-8,13-16H,9-10H2,1H3/t13-,14+,15-,16+/m1/s1. The molecule has 0 amide bonds. The van der Waals surface area contributed by atoms with Crippen molar-refractivity contribution < 1.29 is 23.7 Å². The second-order valence-electron chi connectivity index (χ2n) is 5.10. The molecule has 0 aliphatic carbocycles. The summed E-state index contributed by atoms with van der Waals surface area (Å²) in [6.45, 7) is 2.30. The number of hydrogen-bond donors (Lipinski definition) is 0. The van der Waals surface area contributed by atoms with Gasteiger partial charge in [0.2, 0.25) is 0 Å². The zero-order chi connectivity index (χ0) is 14.7. The molecule has 0 saturated carbocycles. The summed E-state index contributed by atoms with van der Waals surface area (Å²) in [5.74, 6) is -0.331. The molecule has 2 heterocycles. The summed E-state index contributed by atoms with van der Waals surface area (Å²) >= 11 is 0. The number of hydrogen-bond acceptors (Lipinski definition) is 5. The Hall–Kier alpha value is -1.69. The van der Waals surface area contributed by atoms with E-state index in [2.05, 4.69) is 0 Å². The van der Waals surface area contributed by atoms with Crippen molar-refractivity contribution in [1.82, 2.24) is 0 Å². The lowest BCUT2D eigenvalue weighted by Gasteiger charge is -2.24. The normalized spacial score (nSPS) is 30.3. The molecule has 0 N–H and O–H groups in total. The predicted octanol–water partition coefficient (Wildman–Crippen LogP) is 1.81. The quantitative estimate of drug-likeness (QED) is 0.611. The van der Waals surface area contributed by atoms with Crippen molar-refractivity contribution in [1.29, 1.82) is 0 Å². The molecule has 21 heavy (non-hydrogen) atoms. The number of fused-ring (bicyclic) bond motifs is 2. The fourth-order valence-electron chi connectivity index (χ4n) is 2.51. The molecule has 1 aromatic rings. The second-order valence-corrected chi connectivity index (χ2v) is 5.10. The van der Waals surface area contributed by atoms with E-state index in [-0.39, 0.29) is 24.5 Å². The van der Waals surface area contributed by atoms with E-state index in [4.69, 9.17) is 18.9 Å². The van der Waals surface area contributed by atoms with Crippen LogP contribution in [0, 0.1) is 0 Å². The van der Waals surface area contributed by atoms with E-state index in [9.17, 15) is 4.79 Å². The Bertz CT molecular complexity index is 513. The van der Waals surface area contributed by atoms with Crippen LogP contribution in [0.15, 0.2) is 42.5 Å². The molecule has 5 heteroatoms. The number of rotatable bonds is 5. The first-order chi connectivity index (χ1) is 10.2. The van der Waals surface area contributed by atoms with Crippen LogP contribution in [0.4, 0.5) is 0 Å². The van der Waals surface area contributed by atoms with Gasteiger partial charge < -0.3 is 18.9 Å². The van der Waals surface area contributed by atoms with Crippen LogP contribution in [-0.2, 0) is 30.3 Å². The third-order valence-corrected chi connectivity index (χ3v) is 3.44. The van der Waals surface area contributed by atoms with E-state index in [1.807, 2.05) is 36.4 Å². The molecule has 5 nitrogen and oxygen atoms in total. The summed E-state index contributed by atoms with van der Waals surface area (Å²) in [7, 11) is 0. The van der Waals surface area contributed by atoms with Crippen molar-refractivity contribution in [2.24, 2.45) is 0 Å². The number of benzene rings is 1. The van der Waals surface area contributed by atoms with E-state index >= 15 is 0 Å². The van der Waals surface area contributed by atoms with Crippen LogP contribution in [0.1, 0.15) is 12.5 Å². The first-order valence-electron chi connectivity index (χ1n) is 7.00. The first-order valence-corrected chi connectivity index (χ1v) is 7.00. The van der Waals surface area contributed by atoms with Crippen LogP contribution in [0.3, 0.4) is 0 Å². The largest absolute Gasteiger partial charge is 0.455 e.